The molecule has 15 heteroatoms. The largest absolute Gasteiger partial charge is 0.604 e. The van der Waals surface area contributed by atoms with Crippen molar-refractivity contribution < 1.29 is 30.9 Å². The number of nitrogens with two attached hydrogens (primary N) is 2. The summed E-state index contributed by atoms with van der Waals surface area (Å²) in [6.45, 7) is 0. The van der Waals surface area contributed by atoms with E-state index in [9.17, 15) is 30.9 Å². The van der Waals surface area contributed by atoms with Crippen LogP contribution in [0.2, 0.25) is 10.0 Å². The molecular weight excluding hydrogens is 465 g/mol. The Morgan fingerprint density at radius 1 is 1.15 bits per heavy atom. The molecule has 0 aliphatic heterocycles. The second-order valence-corrected chi connectivity index (χ2v) is 7.50. The number of hydrogen-bond donors (Lipinski definition) is 2. The van der Waals surface area contributed by atoms with Gasteiger partial charge in [0.1, 0.15) is 21.9 Å². The molecule has 1 heterocycles. The Balaban J connectivity index is 2.77. The number of rotatable bonds is 3. The molecule has 5 nitrogen and oxygen atoms in total. The number of aromatic nitrogens is 2. The zero-order valence-electron chi connectivity index (χ0n) is 12.5. The van der Waals surface area contributed by atoms with Gasteiger partial charge >= 0.3 is 11.7 Å². The van der Waals surface area contributed by atoms with Gasteiger partial charge < -0.3 is 16.0 Å². The Morgan fingerprint density at radius 2 is 1.63 bits per heavy atom. The van der Waals surface area contributed by atoms with Gasteiger partial charge in [0.15, 0.2) is 11.5 Å². The van der Waals surface area contributed by atoms with Crippen molar-refractivity contribution in [2.45, 2.75) is 16.6 Å². The lowest BCUT2D eigenvalue weighted by Crippen LogP contribution is -2.26. The highest BCUT2D eigenvalue weighted by Gasteiger charge is 2.50. The van der Waals surface area contributed by atoms with Crippen LogP contribution in [0.4, 0.5) is 32.2 Å². The first-order valence-electron chi connectivity index (χ1n) is 6.39. The van der Waals surface area contributed by atoms with Crippen LogP contribution in [0.3, 0.4) is 0 Å². The average Bonchev–Trinajstić information content (AvgIpc) is 2.81. The first kappa shape index (κ1) is 21.9. The van der Waals surface area contributed by atoms with Crippen molar-refractivity contribution in [1.82, 2.24) is 9.78 Å². The summed E-state index contributed by atoms with van der Waals surface area (Å²) in [5, 5.41) is 2.37. The Bertz CT molecular complexity index is 892. The van der Waals surface area contributed by atoms with E-state index in [4.69, 9.17) is 34.7 Å². The first-order chi connectivity index (χ1) is 12.2. The molecule has 0 spiro atoms. The number of benzene rings is 1. The molecule has 0 fully saturated rings. The average molecular weight is 471 g/mol. The van der Waals surface area contributed by atoms with Crippen molar-refractivity contribution in [2.24, 2.45) is 5.73 Å². The van der Waals surface area contributed by atoms with Gasteiger partial charge in [-0.3, -0.25) is 0 Å². The highest BCUT2D eigenvalue weighted by atomic mass is 35.5. The molecule has 1 atom stereocenters. The molecule has 0 aliphatic rings. The summed E-state index contributed by atoms with van der Waals surface area (Å²) in [4.78, 5) is -1.73. The molecule has 0 aliphatic carbocycles. The summed E-state index contributed by atoms with van der Waals surface area (Å²) in [6, 6.07) is 0.954. The molecule has 2 rings (SSSR count). The van der Waals surface area contributed by atoms with Crippen LogP contribution in [0.1, 0.15) is 11.3 Å². The number of halogens is 8. The molecule has 2 aromatic rings. The van der Waals surface area contributed by atoms with E-state index in [1.807, 2.05) is 0 Å². The summed E-state index contributed by atoms with van der Waals surface area (Å²) in [7, 11) is 0. The Hall–Kier alpha value is -1.41. The van der Waals surface area contributed by atoms with Gasteiger partial charge in [-0.25, -0.2) is 4.68 Å². The monoisotopic (exact) mass is 470 g/mol. The smallest absolute Gasteiger partial charge is 0.578 e. The van der Waals surface area contributed by atoms with Gasteiger partial charge in [0.2, 0.25) is 4.90 Å². The maximum atomic E-state index is 12.9. The van der Waals surface area contributed by atoms with Gasteiger partial charge in [0.05, 0.1) is 15.6 Å². The molecule has 0 amide bonds. The molecule has 0 saturated carbocycles. The van der Waals surface area contributed by atoms with E-state index in [1.54, 1.807) is 0 Å². The van der Waals surface area contributed by atoms with E-state index >= 15 is 0 Å². The van der Waals surface area contributed by atoms with Crippen LogP contribution in [0, 0.1) is 0 Å². The normalized spacial score (nSPS) is 13.7. The fraction of sp³-hybridized carbons (Fsp3) is 0.167. The first-order valence-corrected chi connectivity index (χ1v) is 8.71. The molecule has 0 bridgehead atoms. The Labute approximate surface area is 165 Å². The summed E-state index contributed by atoms with van der Waals surface area (Å²) in [5.74, 6) is -0.850. The van der Waals surface area contributed by atoms with E-state index in [2.05, 4.69) is 17.3 Å². The zero-order chi connectivity index (χ0) is 20.9. The van der Waals surface area contributed by atoms with Crippen molar-refractivity contribution in [3.05, 3.63) is 33.4 Å². The lowest BCUT2D eigenvalue weighted by Gasteiger charge is -2.14. The van der Waals surface area contributed by atoms with E-state index in [0.717, 1.165) is 0 Å². The standard InChI is InChI=1S/C12H6Cl2F6N4OS2/c13-4-1-3(11(15,16)17)2-5(14)7(4)24-9(21)8(6(23-24)10(22)26)27(25)12(18,19)20/h1-2H,21H2,(H2,22,26). The molecule has 1 aromatic carbocycles. The molecular formula is C12H6Cl2F6N4OS2. The summed E-state index contributed by atoms with van der Waals surface area (Å²) < 4.78 is 89.2. The maximum absolute atomic E-state index is 12.9. The van der Waals surface area contributed by atoms with Gasteiger partial charge in [-0.1, -0.05) is 35.4 Å². The number of nitrogens with zero attached hydrogens (tertiary/aromatic N) is 2. The predicted octanol–water partition coefficient (Wildman–Crippen LogP) is 4.04. The number of hydrogen-bond acceptors (Lipinski definition) is 4. The minimum Gasteiger partial charge on any atom is -0.604 e. The van der Waals surface area contributed by atoms with Gasteiger partial charge in [0.25, 0.3) is 0 Å². The van der Waals surface area contributed by atoms with Crippen molar-refractivity contribution in [3.8, 4) is 5.69 Å². The van der Waals surface area contributed by atoms with E-state index in [-0.39, 0.29) is 0 Å². The van der Waals surface area contributed by atoms with Crippen molar-refractivity contribution in [1.29, 1.82) is 0 Å². The molecule has 0 radical (unpaired) electrons. The fourth-order valence-electron chi connectivity index (χ4n) is 1.98. The van der Waals surface area contributed by atoms with Gasteiger partial charge in [-0.15, -0.1) is 13.2 Å². The van der Waals surface area contributed by atoms with Crippen LogP contribution in [0.15, 0.2) is 17.0 Å². The third-order valence-electron chi connectivity index (χ3n) is 3.06. The molecule has 1 unspecified atom stereocenters. The fourth-order valence-corrected chi connectivity index (χ4v) is 3.67. The summed E-state index contributed by atoms with van der Waals surface area (Å²) in [5.41, 5.74) is 3.25. The Kier molecular flexibility index (Phi) is 5.84. The van der Waals surface area contributed by atoms with E-state index < -0.39 is 65.6 Å². The Morgan fingerprint density at radius 3 is 2.00 bits per heavy atom. The summed E-state index contributed by atoms with van der Waals surface area (Å²) in [6.07, 6.45) is -4.78. The van der Waals surface area contributed by atoms with Crippen LogP contribution < -0.4 is 11.5 Å². The van der Waals surface area contributed by atoms with Crippen LogP contribution in [0.5, 0.6) is 0 Å². The lowest BCUT2D eigenvalue weighted by molar-refractivity contribution is -0.137. The highest BCUT2D eigenvalue weighted by Crippen LogP contribution is 2.41. The van der Waals surface area contributed by atoms with E-state index in [0.29, 0.717) is 16.8 Å². The van der Waals surface area contributed by atoms with Crippen molar-refractivity contribution in [2.75, 3.05) is 5.73 Å². The second kappa shape index (κ2) is 7.20. The number of alkyl halides is 6. The molecule has 27 heavy (non-hydrogen) atoms. The second-order valence-electron chi connectivity index (χ2n) is 4.84. The van der Waals surface area contributed by atoms with Crippen LogP contribution in [-0.2, 0) is 17.4 Å². The molecule has 148 valence electrons. The maximum Gasteiger partial charge on any atom is 0.578 e. The van der Waals surface area contributed by atoms with Gasteiger partial charge in [-0.2, -0.15) is 18.3 Å². The quantitative estimate of drug-likeness (QED) is 0.401. The molecule has 1 aromatic heterocycles. The van der Waals surface area contributed by atoms with Crippen molar-refractivity contribution >= 4 is 57.4 Å². The number of anilines is 1. The minimum absolute atomic E-state index is 0.466. The third kappa shape index (κ3) is 4.21. The van der Waals surface area contributed by atoms with Gasteiger partial charge in [0, 0.05) is 0 Å². The molecule has 0 saturated heterocycles. The van der Waals surface area contributed by atoms with Gasteiger partial charge in [-0.05, 0) is 12.1 Å². The van der Waals surface area contributed by atoms with Crippen LogP contribution in [0.25, 0.3) is 5.69 Å². The topological polar surface area (TPSA) is 92.9 Å². The number of thiocarbonyl (C=S) groups is 1. The SMILES string of the molecule is NC(=S)c1nn(-c2c(Cl)cc(C(F)(F)F)cc2Cl)c(N)c1[S+]([O-])C(F)(F)F. The van der Waals surface area contributed by atoms with E-state index in [1.165, 1.54) is 0 Å². The highest BCUT2D eigenvalue weighted by molar-refractivity contribution is 7.92. The summed E-state index contributed by atoms with van der Waals surface area (Å²) >= 11 is 12.5. The van der Waals surface area contributed by atoms with Crippen LogP contribution in [-0.4, -0.2) is 24.8 Å². The third-order valence-corrected chi connectivity index (χ3v) is 5.02. The molecule has 4 N–H and O–H groups in total. The lowest BCUT2D eigenvalue weighted by atomic mass is 10.2. The minimum atomic E-state index is -5.23. The number of nitrogen functional groups attached to an aromatic ring is 1. The predicted molar refractivity (Wildman–Crippen MR) is 91.3 cm³/mol. The van der Waals surface area contributed by atoms with Crippen LogP contribution >= 0.6 is 35.4 Å². The van der Waals surface area contributed by atoms with Crippen molar-refractivity contribution in [3.63, 3.8) is 0 Å². The zero-order valence-corrected chi connectivity index (χ0v) is 15.6.